The Bertz CT molecular complexity index is 713. The lowest BCUT2D eigenvalue weighted by atomic mass is 10.0. The van der Waals surface area contributed by atoms with Gasteiger partial charge in [0.25, 0.3) is 0 Å². The summed E-state index contributed by atoms with van der Waals surface area (Å²) in [4.78, 5) is 4.72. The third-order valence-corrected chi connectivity index (χ3v) is 4.50. The Labute approximate surface area is 174 Å². The Morgan fingerprint density at radius 3 is 2.21 bits per heavy atom. The van der Waals surface area contributed by atoms with Crippen LogP contribution in [0.3, 0.4) is 0 Å². The normalized spacial score (nSPS) is 12.6. The monoisotopic (exact) mass is 382 g/mol. The van der Waals surface area contributed by atoms with Crippen molar-refractivity contribution >= 4 is 22.1 Å². The minimum atomic E-state index is 0.372. The highest BCUT2D eigenvalue weighted by Gasteiger charge is 2.08. The second-order valence-corrected chi connectivity index (χ2v) is 6.41. The molecule has 0 heterocycles. The maximum Gasteiger partial charge on any atom is 0.0449 e. The van der Waals surface area contributed by atoms with Crippen molar-refractivity contribution in [3.05, 3.63) is 54.2 Å². The van der Waals surface area contributed by atoms with Gasteiger partial charge in [-0.05, 0) is 61.2 Å². The van der Waals surface area contributed by atoms with Crippen molar-refractivity contribution in [3.8, 4) is 0 Å². The lowest BCUT2D eigenvalue weighted by Gasteiger charge is -2.16. The molecule has 0 aliphatic carbocycles. The Kier molecular flexibility index (Phi) is 15.0. The van der Waals surface area contributed by atoms with Gasteiger partial charge in [0.05, 0.1) is 0 Å². The minimum Gasteiger partial charge on any atom is -0.309 e. The zero-order valence-electron chi connectivity index (χ0n) is 19.5. The van der Waals surface area contributed by atoms with Crippen LogP contribution in [0.15, 0.2) is 53.7 Å². The van der Waals surface area contributed by atoms with Gasteiger partial charge in [0.2, 0.25) is 0 Å². The Morgan fingerprint density at radius 1 is 0.964 bits per heavy atom. The van der Waals surface area contributed by atoms with Crippen LogP contribution in [0, 0.1) is 0 Å². The van der Waals surface area contributed by atoms with Gasteiger partial charge < -0.3 is 5.32 Å². The highest BCUT2D eigenvalue weighted by Crippen LogP contribution is 2.21. The lowest BCUT2D eigenvalue weighted by molar-refractivity contribution is 0.577. The van der Waals surface area contributed by atoms with Crippen LogP contribution in [-0.2, 0) is 0 Å². The summed E-state index contributed by atoms with van der Waals surface area (Å²) in [5, 5.41) is 6.15. The summed E-state index contributed by atoms with van der Waals surface area (Å²) in [6, 6.07) is 15.4. The molecule has 2 aromatic carbocycles. The zero-order valence-corrected chi connectivity index (χ0v) is 19.5. The molecule has 2 nitrogen and oxygen atoms in total. The van der Waals surface area contributed by atoms with E-state index in [1.807, 2.05) is 33.9 Å². The molecular formula is C26H42N2. The SMILES string of the molecule is CC.CC.CCCCNC(CC)C(C)=N/C=C(\C)c1ccc2ccccc2c1. The van der Waals surface area contributed by atoms with E-state index in [0.29, 0.717) is 6.04 Å². The third kappa shape index (κ3) is 8.84. The average molecular weight is 383 g/mol. The number of aliphatic imine (C=N–C) groups is 1. The third-order valence-electron chi connectivity index (χ3n) is 4.50. The largest absolute Gasteiger partial charge is 0.309 e. The van der Waals surface area contributed by atoms with Gasteiger partial charge in [-0.2, -0.15) is 0 Å². The second-order valence-electron chi connectivity index (χ2n) is 6.41. The van der Waals surface area contributed by atoms with Crippen molar-refractivity contribution < 1.29 is 0 Å². The highest BCUT2D eigenvalue weighted by molar-refractivity contribution is 5.89. The number of unbranched alkanes of at least 4 members (excludes halogenated alkanes) is 1. The molecule has 1 N–H and O–H groups in total. The molecule has 0 radical (unpaired) electrons. The standard InChI is InChI=1S/C22H30N2.2C2H6/c1-5-7-14-23-22(6-2)18(4)24-16-17(3)20-13-12-19-10-8-9-11-21(19)15-20;2*1-2/h8-13,15-16,22-23H,5-7,14H2,1-4H3;2*1-2H3/b17-16+,24-18?;;. The van der Waals surface area contributed by atoms with Crippen LogP contribution in [0.5, 0.6) is 0 Å². The molecule has 156 valence electrons. The van der Waals surface area contributed by atoms with E-state index in [0.717, 1.165) is 18.7 Å². The van der Waals surface area contributed by atoms with Gasteiger partial charge in [-0.15, -0.1) is 0 Å². The predicted molar refractivity (Wildman–Crippen MR) is 130 cm³/mol. The molecule has 0 spiro atoms. The number of nitrogens with zero attached hydrogens (tertiary/aromatic N) is 1. The van der Waals surface area contributed by atoms with Crippen molar-refractivity contribution in [2.24, 2.45) is 4.99 Å². The van der Waals surface area contributed by atoms with Gasteiger partial charge >= 0.3 is 0 Å². The zero-order chi connectivity index (χ0) is 21.4. The van der Waals surface area contributed by atoms with Crippen LogP contribution in [0.1, 0.15) is 80.2 Å². The van der Waals surface area contributed by atoms with E-state index < -0.39 is 0 Å². The number of fused-ring (bicyclic) bond motifs is 1. The molecule has 0 aliphatic rings. The number of rotatable bonds is 8. The molecule has 2 aromatic rings. The molecule has 28 heavy (non-hydrogen) atoms. The van der Waals surface area contributed by atoms with E-state index in [1.165, 1.54) is 34.8 Å². The highest BCUT2D eigenvalue weighted by atomic mass is 14.9. The molecule has 0 aromatic heterocycles. The summed E-state index contributed by atoms with van der Waals surface area (Å²) >= 11 is 0. The second kappa shape index (κ2) is 16.1. The van der Waals surface area contributed by atoms with E-state index in [2.05, 4.69) is 75.5 Å². The quantitative estimate of drug-likeness (QED) is 0.364. The van der Waals surface area contributed by atoms with Crippen LogP contribution < -0.4 is 5.32 Å². The summed E-state index contributed by atoms with van der Waals surface area (Å²) in [5.41, 5.74) is 3.59. The number of hydrogen-bond donors (Lipinski definition) is 1. The number of nitrogens with one attached hydrogen (secondary N) is 1. The summed E-state index contributed by atoms with van der Waals surface area (Å²) < 4.78 is 0. The van der Waals surface area contributed by atoms with Crippen LogP contribution in [0.2, 0.25) is 0 Å². The molecule has 0 bridgehead atoms. The van der Waals surface area contributed by atoms with E-state index >= 15 is 0 Å². The maximum atomic E-state index is 4.72. The van der Waals surface area contributed by atoms with Crippen LogP contribution in [0.4, 0.5) is 0 Å². The number of benzene rings is 2. The van der Waals surface area contributed by atoms with Crippen molar-refractivity contribution in [1.29, 1.82) is 0 Å². The molecule has 2 rings (SSSR count). The summed E-state index contributed by atoms with van der Waals surface area (Å²) in [6.07, 6.45) is 5.52. The van der Waals surface area contributed by atoms with Gasteiger partial charge in [-0.3, -0.25) is 4.99 Å². The fourth-order valence-electron chi connectivity index (χ4n) is 2.84. The lowest BCUT2D eigenvalue weighted by Crippen LogP contribution is -2.35. The van der Waals surface area contributed by atoms with Crippen molar-refractivity contribution in [3.63, 3.8) is 0 Å². The first-order chi connectivity index (χ1) is 13.7. The Balaban J connectivity index is 0.00000171. The molecule has 1 unspecified atom stereocenters. The molecule has 0 saturated carbocycles. The van der Waals surface area contributed by atoms with Gasteiger partial charge in [0, 0.05) is 18.0 Å². The van der Waals surface area contributed by atoms with E-state index in [1.54, 1.807) is 0 Å². The molecule has 0 saturated heterocycles. The van der Waals surface area contributed by atoms with Gasteiger partial charge in [-0.1, -0.05) is 84.4 Å². The summed E-state index contributed by atoms with van der Waals surface area (Å²) in [7, 11) is 0. The van der Waals surface area contributed by atoms with Crippen molar-refractivity contribution in [1.82, 2.24) is 5.32 Å². The van der Waals surface area contributed by atoms with Crippen LogP contribution >= 0.6 is 0 Å². The molecule has 0 aliphatic heterocycles. The average Bonchev–Trinajstić information content (AvgIpc) is 2.77. The fourth-order valence-corrected chi connectivity index (χ4v) is 2.84. The summed E-state index contributed by atoms with van der Waals surface area (Å²) in [6.45, 7) is 17.8. The van der Waals surface area contributed by atoms with Crippen LogP contribution in [-0.4, -0.2) is 18.3 Å². The Morgan fingerprint density at radius 2 is 1.61 bits per heavy atom. The molecule has 1 atom stereocenters. The Hall–Kier alpha value is -1.93. The molecular weight excluding hydrogens is 340 g/mol. The molecule has 0 fully saturated rings. The summed E-state index contributed by atoms with van der Waals surface area (Å²) in [5.74, 6) is 0. The van der Waals surface area contributed by atoms with Crippen molar-refractivity contribution in [2.45, 2.75) is 80.7 Å². The van der Waals surface area contributed by atoms with Crippen LogP contribution in [0.25, 0.3) is 16.3 Å². The van der Waals surface area contributed by atoms with E-state index in [-0.39, 0.29) is 0 Å². The number of hydrogen-bond acceptors (Lipinski definition) is 2. The van der Waals surface area contributed by atoms with Gasteiger partial charge in [0.1, 0.15) is 0 Å². The van der Waals surface area contributed by atoms with E-state index in [4.69, 9.17) is 4.99 Å². The molecule has 2 heteroatoms. The first-order valence-corrected chi connectivity index (χ1v) is 11.1. The first kappa shape index (κ1) is 26.1. The van der Waals surface area contributed by atoms with E-state index in [9.17, 15) is 0 Å². The minimum absolute atomic E-state index is 0.372. The number of allylic oxidation sites excluding steroid dienone is 1. The topological polar surface area (TPSA) is 24.4 Å². The van der Waals surface area contributed by atoms with Gasteiger partial charge in [0.15, 0.2) is 0 Å². The first-order valence-electron chi connectivity index (χ1n) is 11.1. The smallest absolute Gasteiger partial charge is 0.0449 e. The van der Waals surface area contributed by atoms with Crippen molar-refractivity contribution in [2.75, 3.05) is 6.54 Å². The predicted octanol–water partition coefficient (Wildman–Crippen LogP) is 7.88. The maximum absolute atomic E-state index is 4.72. The fraction of sp³-hybridized carbons (Fsp3) is 0.500. The molecule has 0 amide bonds. The van der Waals surface area contributed by atoms with Gasteiger partial charge in [-0.25, -0.2) is 0 Å².